The Hall–Kier alpha value is -0.730. The first kappa shape index (κ1) is 15.7. The molecule has 6 nitrogen and oxygen atoms in total. The molecule has 8 heteroatoms. The molecular weight excluding hydrogens is 230 g/mol. The Bertz CT molecular complexity index is 291. The summed E-state index contributed by atoms with van der Waals surface area (Å²) in [7, 11) is -3.79. The van der Waals surface area contributed by atoms with Gasteiger partial charge in [-0.15, -0.1) is 0 Å². The summed E-state index contributed by atoms with van der Waals surface area (Å²) in [5.74, 6) is -0.833. The number of hydrogen-bond acceptors (Lipinski definition) is 5. The highest BCUT2D eigenvalue weighted by Crippen LogP contribution is 1.94. The second kappa shape index (κ2) is 6.68. The van der Waals surface area contributed by atoms with Crippen LogP contribution in [0.25, 0.3) is 0 Å². The average molecular weight is 243 g/mol. The molecule has 3 N–H and O–H groups in total. The van der Waals surface area contributed by atoms with E-state index in [0.29, 0.717) is 0 Å². The zero-order chi connectivity index (χ0) is 11.9. The Balaban J connectivity index is 0. The average Bonchev–Trinajstić information content (AvgIpc) is 1.81. The normalized spacial score (nSPS) is 10.1. The van der Waals surface area contributed by atoms with E-state index in [-0.39, 0.29) is 6.10 Å². The maximum atomic E-state index is 10.4. The van der Waals surface area contributed by atoms with Gasteiger partial charge in [-0.2, -0.15) is 0 Å². The van der Waals surface area contributed by atoms with Crippen molar-refractivity contribution >= 4 is 32.6 Å². The zero-order valence-corrected chi connectivity index (χ0v) is 9.68. The lowest BCUT2D eigenvalue weighted by Crippen LogP contribution is -2.26. The predicted molar refractivity (Wildman–Crippen MR) is 55.2 cm³/mol. The summed E-state index contributed by atoms with van der Waals surface area (Å²) in [5.41, 5.74) is 0. The van der Waals surface area contributed by atoms with Crippen LogP contribution in [-0.2, 0) is 19.6 Å². The van der Waals surface area contributed by atoms with Crippen LogP contribution in [-0.4, -0.2) is 30.0 Å². The molecule has 0 aromatic carbocycles. The quantitative estimate of drug-likeness (QED) is 0.631. The summed E-state index contributed by atoms with van der Waals surface area (Å²) >= 11 is 4.33. The highest BCUT2D eigenvalue weighted by molar-refractivity contribution is 8.15. The molecule has 84 valence electrons. The molecule has 0 amide bonds. The summed E-state index contributed by atoms with van der Waals surface area (Å²) < 4.78 is 24.8. The summed E-state index contributed by atoms with van der Waals surface area (Å²) in [6, 6.07) is 0. The number of primary sulfonamides is 1. The molecule has 0 spiro atoms. The maximum absolute atomic E-state index is 10.4. The van der Waals surface area contributed by atoms with E-state index in [9.17, 15) is 8.42 Å². The topological polar surface area (TPSA) is 107 Å². The smallest absolute Gasteiger partial charge is 0.300 e. The van der Waals surface area contributed by atoms with Gasteiger partial charge in [0.05, 0.1) is 6.10 Å². The van der Waals surface area contributed by atoms with E-state index in [1.165, 1.54) is 0 Å². The molecule has 0 unspecified atom stereocenters. The fourth-order valence-electron chi connectivity index (χ4n) is 0.260. The number of rotatable bonds is 1. The predicted octanol–water partition coefficient (Wildman–Crippen LogP) is 0.0757. The number of carboxylic acids is 1. The molecule has 0 rings (SSSR count). The van der Waals surface area contributed by atoms with Crippen molar-refractivity contribution in [2.45, 2.75) is 26.9 Å². The number of ether oxygens (including phenoxy) is 1. The number of sulfonamides is 1. The third-order valence-electron chi connectivity index (χ3n) is 0.564. The van der Waals surface area contributed by atoms with Crippen molar-refractivity contribution in [2.24, 2.45) is 5.14 Å². The van der Waals surface area contributed by atoms with Gasteiger partial charge in [0, 0.05) is 6.92 Å². The van der Waals surface area contributed by atoms with Gasteiger partial charge in [-0.25, -0.2) is 13.6 Å². The van der Waals surface area contributed by atoms with Gasteiger partial charge >= 0.3 is 0 Å². The van der Waals surface area contributed by atoms with E-state index in [1.807, 2.05) is 0 Å². The van der Waals surface area contributed by atoms with E-state index >= 15 is 0 Å². The molecule has 0 atom stereocenters. The molecule has 0 saturated heterocycles. The minimum absolute atomic E-state index is 0.258. The van der Waals surface area contributed by atoms with Crippen LogP contribution in [0.3, 0.4) is 0 Å². The first-order valence-electron chi connectivity index (χ1n) is 3.50. The van der Waals surface area contributed by atoms with Crippen LogP contribution in [0.4, 0.5) is 0 Å². The van der Waals surface area contributed by atoms with Crippen LogP contribution >= 0.6 is 12.2 Å². The molecular formula is C6H13NO5S2. The van der Waals surface area contributed by atoms with Crippen molar-refractivity contribution < 1.29 is 23.1 Å². The van der Waals surface area contributed by atoms with Crippen molar-refractivity contribution in [3.63, 3.8) is 0 Å². The SMILES string of the molecule is CC(=O)O.CC(C)OC(=S)S(N)(=O)=O. The van der Waals surface area contributed by atoms with E-state index in [0.717, 1.165) is 6.92 Å². The van der Waals surface area contributed by atoms with Gasteiger partial charge in [0.15, 0.2) is 0 Å². The number of nitrogens with two attached hydrogens (primary N) is 1. The molecule has 0 bridgehead atoms. The molecule has 0 aromatic heterocycles. The highest BCUT2D eigenvalue weighted by Gasteiger charge is 2.13. The molecule has 0 heterocycles. The van der Waals surface area contributed by atoms with Crippen LogP contribution in [0.5, 0.6) is 0 Å². The van der Waals surface area contributed by atoms with Crippen molar-refractivity contribution in [3.05, 3.63) is 0 Å². The van der Waals surface area contributed by atoms with Gasteiger partial charge in [-0.3, -0.25) is 4.79 Å². The van der Waals surface area contributed by atoms with Crippen molar-refractivity contribution in [3.8, 4) is 0 Å². The summed E-state index contributed by atoms with van der Waals surface area (Å²) in [6.45, 7) is 4.41. The molecule has 0 radical (unpaired) electrons. The minimum atomic E-state index is -3.79. The largest absolute Gasteiger partial charge is 0.481 e. The summed E-state index contributed by atoms with van der Waals surface area (Å²) in [6.07, 6.45) is -0.258. The second-order valence-corrected chi connectivity index (χ2v) is 4.57. The van der Waals surface area contributed by atoms with Crippen LogP contribution in [0.2, 0.25) is 0 Å². The third-order valence-corrected chi connectivity index (χ3v) is 1.92. The van der Waals surface area contributed by atoms with Gasteiger partial charge in [0.1, 0.15) is 0 Å². The number of thiocarbonyl (C=S) groups is 1. The number of carboxylic acid groups (broad SMARTS) is 1. The maximum Gasteiger partial charge on any atom is 0.300 e. The lowest BCUT2D eigenvalue weighted by Gasteiger charge is -2.07. The second-order valence-electron chi connectivity index (χ2n) is 2.48. The van der Waals surface area contributed by atoms with Gasteiger partial charge in [0.2, 0.25) is 0 Å². The zero-order valence-electron chi connectivity index (χ0n) is 8.05. The third kappa shape index (κ3) is 13.8. The van der Waals surface area contributed by atoms with Gasteiger partial charge in [-0.05, 0) is 26.1 Å². The van der Waals surface area contributed by atoms with Gasteiger partial charge in [0.25, 0.3) is 20.4 Å². The minimum Gasteiger partial charge on any atom is -0.481 e. The van der Waals surface area contributed by atoms with Crippen molar-refractivity contribution in [1.29, 1.82) is 0 Å². The lowest BCUT2D eigenvalue weighted by molar-refractivity contribution is -0.134. The highest BCUT2D eigenvalue weighted by atomic mass is 32.2. The van der Waals surface area contributed by atoms with Crippen LogP contribution in [0.15, 0.2) is 0 Å². The molecule has 0 fully saturated rings. The monoisotopic (exact) mass is 243 g/mol. The first-order chi connectivity index (χ1) is 6.07. The van der Waals surface area contributed by atoms with Gasteiger partial charge in [-0.1, -0.05) is 0 Å². The molecule has 0 saturated carbocycles. The summed E-state index contributed by atoms with van der Waals surface area (Å²) in [4.78, 5) is 9.00. The summed E-state index contributed by atoms with van der Waals surface area (Å²) in [5, 5.41) is 12.0. The molecule has 0 aliphatic rings. The van der Waals surface area contributed by atoms with E-state index in [2.05, 4.69) is 22.1 Å². The Morgan fingerprint density at radius 2 is 1.79 bits per heavy atom. The van der Waals surface area contributed by atoms with Crippen LogP contribution in [0.1, 0.15) is 20.8 Å². The number of carbonyl (C=O) groups is 1. The van der Waals surface area contributed by atoms with Gasteiger partial charge < -0.3 is 9.84 Å². The molecule has 0 aliphatic heterocycles. The molecule has 0 aliphatic carbocycles. The molecule has 14 heavy (non-hydrogen) atoms. The van der Waals surface area contributed by atoms with E-state index in [4.69, 9.17) is 9.90 Å². The standard InChI is InChI=1S/C4H9NO3S2.C2H4O2/c1-3(2)8-4(9)10(5,6)7;1-2(3)4/h3H,1-2H3,(H2,5,6,7);1H3,(H,3,4). The Kier molecular flexibility index (Phi) is 7.51. The number of hydrogen-bond donors (Lipinski definition) is 2. The Morgan fingerprint density at radius 1 is 1.50 bits per heavy atom. The Morgan fingerprint density at radius 3 is 1.86 bits per heavy atom. The van der Waals surface area contributed by atoms with Crippen LogP contribution in [0, 0.1) is 0 Å². The molecule has 0 aromatic rings. The van der Waals surface area contributed by atoms with E-state index < -0.39 is 20.4 Å². The lowest BCUT2D eigenvalue weighted by atomic mass is 10.5. The first-order valence-corrected chi connectivity index (χ1v) is 5.45. The fourth-order valence-corrected chi connectivity index (χ4v) is 0.779. The Labute approximate surface area is 88.1 Å². The van der Waals surface area contributed by atoms with Crippen LogP contribution < -0.4 is 5.14 Å². The number of aliphatic carboxylic acids is 1. The van der Waals surface area contributed by atoms with Crippen molar-refractivity contribution in [2.75, 3.05) is 0 Å². The van der Waals surface area contributed by atoms with Crippen molar-refractivity contribution in [1.82, 2.24) is 0 Å². The van der Waals surface area contributed by atoms with E-state index in [1.54, 1.807) is 13.8 Å². The fraction of sp³-hybridized carbons (Fsp3) is 0.667.